The summed E-state index contributed by atoms with van der Waals surface area (Å²) in [6, 6.07) is 12.7. The maximum Gasteiger partial charge on any atom is 0.128 e. The largest absolute Gasteiger partial charge is 0.493 e. The zero-order chi connectivity index (χ0) is 14.1. The summed E-state index contributed by atoms with van der Waals surface area (Å²) >= 11 is 0. The van der Waals surface area contributed by atoms with Gasteiger partial charge in [-0.05, 0) is 31.0 Å². The van der Waals surface area contributed by atoms with Crippen LogP contribution in [0.25, 0.3) is 0 Å². The first kappa shape index (κ1) is 13.1. The van der Waals surface area contributed by atoms with Crippen molar-refractivity contribution in [3.8, 4) is 5.75 Å². The molecule has 0 amide bonds. The standard InChI is InChI=1S/C17H18FNO/c1-11-6-7-15(18)14(8-11)17(19)13-9-12-4-2-3-5-16(12)20-10-13/h2-8,13,17H,9-10,19H2,1H3. The lowest BCUT2D eigenvalue weighted by molar-refractivity contribution is 0.198. The molecule has 3 rings (SSSR count). The van der Waals surface area contributed by atoms with Gasteiger partial charge in [0.1, 0.15) is 11.6 Å². The molecule has 2 aromatic carbocycles. The molecule has 0 spiro atoms. The van der Waals surface area contributed by atoms with E-state index < -0.39 is 0 Å². The third kappa shape index (κ3) is 2.41. The highest BCUT2D eigenvalue weighted by molar-refractivity contribution is 5.36. The van der Waals surface area contributed by atoms with E-state index >= 15 is 0 Å². The highest BCUT2D eigenvalue weighted by Crippen LogP contribution is 2.33. The summed E-state index contributed by atoms with van der Waals surface area (Å²) < 4.78 is 19.7. The van der Waals surface area contributed by atoms with Crippen LogP contribution < -0.4 is 10.5 Å². The van der Waals surface area contributed by atoms with E-state index in [9.17, 15) is 4.39 Å². The van der Waals surface area contributed by atoms with Crippen molar-refractivity contribution in [3.05, 3.63) is 65.0 Å². The van der Waals surface area contributed by atoms with Gasteiger partial charge in [0.2, 0.25) is 0 Å². The van der Waals surface area contributed by atoms with Crippen LogP contribution in [0.3, 0.4) is 0 Å². The van der Waals surface area contributed by atoms with Gasteiger partial charge in [0.25, 0.3) is 0 Å². The Kier molecular flexibility index (Phi) is 3.45. The molecular weight excluding hydrogens is 253 g/mol. The van der Waals surface area contributed by atoms with Gasteiger partial charge < -0.3 is 10.5 Å². The molecule has 3 heteroatoms. The van der Waals surface area contributed by atoms with Crippen molar-refractivity contribution in [2.75, 3.05) is 6.61 Å². The van der Waals surface area contributed by atoms with Gasteiger partial charge in [-0.15, -0.1) is 0 Å². The minimum absolute atomic E-state index is 0.0983. The van der Waals surface area contributed by atoms with Crippen LogP contribution in [0.4, 0.5) is 4.39 Å². The third-order valence-corrected chi connectivity index (χ3v) is 3.93. The second kappa shape index (κ2) is 5.25. The SMILES string of the molecule is Cc1ccc(F)c(C(N)C2COc3ccccc3C2)c1. The summed E-state index contributed by atoms with van der Waals surface area (Å²) in [5.74, 6) is 0.781. The highest BCUT2D eigenvalue weighted by atomic mass is 19.1. The Balaban J connectivity index is 1.85. The van der Waals surface area contributed by atoms with Gasteiger partial charge in [-0.1, -0.05) is 35.9 Å². The summed E-state index contributed by atoms with van der Waals surface area (Å²) in [7, 11) is 0. The van der Waals surface area contributed by atoms with Crippen molar-refractivity contribution < 1.29 is 9.13 Å². The molecule has 2 nitrogen and oxygen atoms in total. The molecule has 20 heavy (non-hydrogen) atoms. The number of rotatable bonds is 2. The molecule has 0 saturated carbocycles. The predicted molar refractivity (Wildman–Crippen MR) is 77.2 cm³/mol. The van der Waals surface area contributed by atoms with Crippen LogP contribution >= 0.6 is 0 Å². The number of halogens is 1. The minimum atomic E-state index is -0.344. The lowest BCUT2D eigenvalue weighted by atomic mass is 9.86. The molecule has 1 aliphatic heterocycles. The summed E-state index contributed by atoms with van der Waals surface area (Å²) in [6.45, 7) is 2.48. The highest BCUT2D eigenvalue weighted by Gasteiger charge is 2.27. The van der Waals surface area contributed by atoms with E-state index in [1.807, 2.05) is 37.3 Å². The molecule has 0 fully saturated rings. The number of ether oxygens (including phenoxy) is 1. The fourth-order valence-electron chi connectivity index (χ4n) is 2.75. The monoisotopic (exact) mass is 271 g/mol. The van der Waals surface area contributed by atoms with Gasteiger partial charge >= 0.3 is 0 Å². The van der Waals surface area contributed by atoms with Crippen LogP contribution in [0, 0.1) is 18.7 Å². The Bertz CT molecular complexity index is 626. The van der Waals surface area contributed by atoms with Crippen molar-refractivity contribution in [2.24, 2.45) is 11.7 Å². The quantitative estimate of drug-likeness (QED) is 0.908. The van der Waals surface area contributed by atoms with E-state index in [4.69, 9.17) is 10.5 Å². The number of aryl methyl sites for hydroxylation is 1. The molecule has 104 valence electrons. The number of fused-ring (bicyclic) bond motifs is 1. The average molecular weight is 271 g/mol. The maximum atomic E-state index is 14.0. The molecule has 0 radical (unpaired) electrons. The second-order valence-corrected chi connectivity index (χ2v) is 5.43. The maximum absolute atomic E-state index is 14.0. The van der Waals surface area contributed by atoms with E-state index in [0.717, 1.165) is 23.3 Å². The molecule has 0 saturated heterocycles. The molecule has 0 aromatic heterocycles. The Labute approximate surface area is 118 Å². The molecule has 1 heterocycles. The van der Waals surface area contributed by atoms with E-state index in [1.165, 1.54) is 6.07 Å². The first-order chi connectivity index (χ1) is 9.65. The normalized spacial score (nSPS) is 19.1. The molecule has 0 aliphatic carbocycles. The fraction of sp³-hybridized carbons (Fsp3) is 0.294. The fourth-order valence-corrected chi connectivity index (χ4v) is 2.75. The molecular formula is C17H18FNO. The Morgan fingerprint density at radius 2 is 2.05 bits per heavy atom. The number of hydrogen-bond donors (Lipinski definition) is 1. The average Bonchev–Trinajstić information content (AvgIpc) is 2.48. The van der Waals surface area contributed by atoms with Gasteiger partial charge in [0.05, 0.1) is 6.61 Å². The van der Waals surface area contributed by atoms with Gasteiger partial charge in [0.15, 0.2) is 0 Å². The van der Waals surface area contributed by atoms with Gasteiger partial charge in [-0.3, -0.25) is 0 Å². The van der Waals surface area contributed by atoms with E-state index in [-0.39, 0.29) is 17.8 Å². The Morgan fingerprint density at radius 1 is 1.25 bits per heavy atom. The third-order valence-electron chi connectivity index (χ3n) is 3.93. The summed E-state index contributed by atoms with van der Waals surface area (Å²) in [5.41, 5.74) is 9.03. The van der Waals surface area contributed by atoms with Crippen LogP contribution in [0.15, 0.2) is 42.5 Å². The van der Waals surface area contributed by atoms with Crippen molar-refractivity contribution in [1.29, 1.82) is 0 Å². The van der Waals surface area contributed by atoms with Crippen LogP contribution in [-0.2, 0) is 6.42 Å². The zero-order valence-corrected chi connectivity index (χ0v) is 11.5. The first-order valence-electron chi connectivity index (χ1n) is 6.87. The van der Waals surface area contributed by atoms with Crippen molar-refractivity contribution in [3.63, 3.8) is 0 Å². The van der Waals surface area contributed by atoms with Crippen molar-refractivity contribution in [1.82, 2.24) is 0 Å². The Hall–Kier alpha value is -1.87. The second-order valence-electron chi connectivity index (χ2n) is 5.43. The van der Waals surface area contributed by atoms with E-state index in [2.05, 4.69) is 0 Å². The summed E-state index contributed by atoms with van der Waals surface area (Å²) in [6.07, 6.45) is 0.824. The summed E-state index contributed by atoms with van der Waals surface area (Å²) in [5, 5.41) is 0. The summed E-state index contributed by atoms with van der Waals surface area (Å²) in [4.78, 5) is 0. The molecule has 0 bridgehead atoms. The molecule has 2 aromatic rings. The molecule has 2 atom stereocenters. The lowest BCUT2D eigenvalue weighted by Crippen LogP contribution is -2.32. The topological polar surface area (TPSA) is 35.2 Å². The predicted octanol–water partition coefficient (Wildman–Crippen LogP) is 3.39. The first-order valence-corrected chi connectivity index (χ1v) is 6.87. The smallest absolute Gasteiger partial charge is 0.128 e. The van der Waals surface area contributed by atoms with Gasteiger partial charge in [-0.2, -0.15) is 0 Å². The van der Waals surface area contributed by atoms with Gasteiger partial charge in [-0.25, -0.2) is 4.39 Å². The van der Waals surface area contributed by atoms with Crippen LogP contribution in [0.1, 0.15) is 22.7 Å². The van der Waals surface area contributed by atoms with E-state index in [1.54, 1.807) is 6.07 Å². The van der Waals surface area contributed by atoms with Crippen molar-refractivity contribution in [2.45, 2.75) is 19.4 Å². The minimum Gasteiger partial charge on any atom is -0.493 e. The number of benzene rings is 2. The zero-order valence-electron chi connectivity index (χ0n) is 11.5. The van der Waals surface area contributed by atoms with Crippen LogP contribution in [0.2, 0.25) is 0 Å². The molecule has 1 aliphatic rings. The number of hydrogen-bond acceptors (Lipinski definition) is 2. The van der Waals surface area contributed by atoms with E-state index in [0.29, 0.717) is 12.2 Å². The number of nitrogens with two attached hydrogens (primary N) is 1. The lowest BCUT2D eigenvalue weighted by Gasteiger charge is -2.30. The van der Waals surface area contributed by atoms with Crippen molar-refractivity contribution >= 4 is 0 Å². The number of para-hydroxylation sites is 1. The molecule has 2 unspecified atom stereocenters. The Morgan fingerprint density at radius 3 is 2.90 bits per heavy atom. The van der Waals surface area contributed by atoms with Crippen LogP contribution in [0.5, 0.6) is 5.75 Å². The molecule has 2 N–H and O–H groups in total. The van der Waals surface area contributed by atoms with Crippen LogP contribution in [-0.4, -0.2) is 6.61 Å². The van der Waals surface area contributed by atoms with Gasteiger partial charge in [0, 0.05) is 17.5 Å².